The van der Waals surface area contributed by atoms with Gasteiger partial charge in [-0.25, -0.2) is 0 Å². The van der Waals surface area contributed by atoms with Crippen molar-refractivity contribution in [1.82, 2.24) is 20.0 Å². The maximum atomic E-state index is 11.7. The number of carbonyl (C=O) groups is 2. The molecule has 0 atom stereocenters. The normalized spacial score (nSPS) is 16.7. The fourth-order valence-corrected chi connectivity index (χ4v) is 2.31. The second kappa shape index (κ2) is 9.73. The zero-order valence-electron chi connectivity index (χ0n) is 13.7. The summed E-state index contributed by atoms with van der Waals surface area (Å²) in [6.07, 6.45) is 2.72. The van der Waals surface area contributed by atoms with Crippen molar-refractivity contribution in [2.24, 2.45) is 0 Å². The standard InChI is InChI=1S/C15H30N4O2/c1-4-5-7-16-14(20)13-19-11-9-18(10-12-19)8-6-15(21)17(2)3/h4-13H2,1-3H3,(H,16,20). The van der Waals surface area contributed by atoms with Crippen LogP contribution in [0, 0.1) is 0 Å². The van der Waals surface area contributed by atoms with Crippen molar-refractivity contribution in [3.63, 3.8) is 0 Å². The molecule has 0 radical (unpaired) electrons. The van der Waals surface area contributed by atoms with Gasteiger partial charge in [-0.05, 0) is 6.42 Å². The van der Waals surface area contributed by atoms with E-state index < -0.39 is 0 Å². The first-order valence-electron chi connectivity index (χ1n) is 7.94. The average molecular weight is 298 g/mol. The van der Waals surface area contributed by atoms with Crippen LogP contribution >= 0.6 is 0 Å². The van der Waals surface area contributed by atoms with E-state index in [4.69, 9.17) is 0 Å². The molecule has 21 heavy (non-hydrogen) atoms. The molecule has 0 aromatic heterocycles. The summed E-state index contributed by atoms with van der Waals surface area (Å²) < 4.78 is 0. The lowest BCUT2D eigenvalue weighted by molar-refractivity contribution is -0.129. The number of rotatable bonds is 8. The van der Waals surface area contributed by atoms with Crippen LogP contribution in [-0.2, 0) is 9.59 Å². The van der Waals surface area contributed by atoms with Gasteiger partial charge in [0.1, 0.15) is 0 Å². The Bertz CT molecular complexity index is 326. The summed E-state index contributed by atoms with van der Waals surface area (Å²) >= 11 is 0. The molecule has 0 aromatic rings. The summed E-state index contributed by atoms with van der Waals surface area (Å²) in [6.45, 7) is 7.87. The van der Waals surface area contributed by atoms with Gasteiger partial charge in [0.15, 0.2) is 0 Å². The van der Waals surface area contributed by atoms with Crippen LogP contribution in [0.25, 0.3) is 0 Å². The van der Waals surface area contributed by atoms with Crippen LogP contribution in [0.3, 0.4) is 0 Å². The second-order valence-electron chi connectivity index (χ2n) is 5.86. The fourth-order valence-electron chi connectivity index (χ4n) is 2.31. The Kier molecular flexibility index (Phi) is 8.30. The monoisotopic (exact) mass is 298 g/mol. The van der Waals surface area contributed by atoms with Gasteiger partial charge in [-0.3, -0.25) is 14.5 Å². The molecule has 0 aromatic carbocycles. The summed E-state index contributed by atoms with van der Waals surface area (Å²) in [5, 5.41) is 2.95. The quantitative estimate of drug-likeness (QED) is 0.641. The van der Waals surface area contributed by atoms with Crippen LogP contribution in [0.5, 0.6) is 0 Å². The average Bonchev–Trinajstić information content (AvgIpc) is 2.46. The Hall–Kier alpha value is -1.14. The van der Waals surface area contributed by atoms with E-state index in [1.165, 1.54) is 0 Å². The molecule has 122 valence electrons. The van der Waals surface area contributed by atoms with Crippen LogP contribution in [0.4, 0.5) is 0 Å². The predicted octanol–water partition coefficient (Wildman–Crippen LogP) is -0.00140. The van der Waals surface area contributed by atoms with E-state index in [9.17, 15) is 9.59 Å². The molecule has 1 aliphatic heterocycles. The number of carbonyl (C=O) groups excluding carboxylic acids is 2. The largest absolute Gasteiger partial charge is 0.355 e. The Morgan fingerprint density at radius 1 is 1.10 bits per heavy atom. The summed E-state index contributed by atoms with van der Waals surface area (Å²) in [5.74, 6) is 0.299. The van der Waals surface area contributed by atoms with Crippen molar-refractivity contribution in [3.05, 3.63) is 0 Å². The molecule has 1 saturated heterocycles. The molecule has 0 saturated carbocycles. The van der Waals surface area contributed by atoms with Crippen LogP contribution in [0.2, 0.25) is 0 Å². The molecule has 1 fully saturated rings. The first-order chi connectivity index (χ1) is 10.0. The van der Waals surface area contributed by atoms with Gasteiger partial charge in [-0.2, -0.15) is 0 Å². The number of unbranched alkanes of at least 4 members (excludes halogenated alkanes) is 1. The highest BCUT2D eigenvalue weighted by molar-refractivity contribution is 5.78. The topological polar surface area (TPSA) is 55.9 Å². The minimum absolute atomic E-state index is 0.125. The molecule has 1 rings (SSSR count). The number of hydrogen-bond acceptors (Lipinski definition) is 4. The molecule has 1 aliphatic rings. The Labute approximate surface area is 128 Å². The molecule has 0 bridgehead atoms. The SMILES string of the molecule is CCCCNC(=O)CN1CCN(CCC(=O)N(C)C)CC1. The molecule has 2 amide bonds. The molecular formula is C15H30N4O2. The molecule has 6 nitrogen and oxygen atoms in total. The first kappa shape index (κ1) is 17.9. The minimum atomic E-state index is 0.125. The number of piperazine rings is 1. The maximum absolute atomic E-state index is 11.7. The summed E-state index contributed by atoms with van der Waals surface area (Å²) in [7, 11) is 3.58. The summed E-state index contributed by atoms with van der Waals surface area (Å²) in [6, 6.07) is 0. The minimum Gasteiger partial charge on any atom is -0.355 e. The number of hydrogen-bond donors (Lipinski definition) is 1. The van der Waals surface area contributed by atoms with Gasteiger partial charge < -0.3 is 15.1 Å². The third kappa shape index (κ3) is 7.43. The summed E-state index contributed by atoms with van der Waals surface area (Å²) in [5.41, 5.74) is 0. The third-order valence-corrected chi connectivity index (χ3v) is 3.83. The van der Waals surface area contributed by atoms with Gasteiger partial charge in [0.05, 0.1) is 6.54 Å². The van der Waals surface area contributed by atoms with E-state index in [0.717, 1.165) is 52.1 Å². The Morgan fingerprint density at radius 2 is 1.71 bits per heavy atom. The zero-order chi connectivity index (χ0) is 15.7. The Morgan fingerprint density at radius 3 is 2.29 bits per heavy atom. The van der Waals surface area contributed by atoms with Crippen molar-refractivity contribution in [2.45, 2.75) is 26.2 Å². The lowest BCUT2D eigenvalue weighted by Gasteiger charge is -2.34. The van der Waals surface area contributed by atoms with Crippen molar-refractivity contribution in [2.75, 3.05) is 59.9 Å². The van der Waals surface area contributed by atoms with E-state index in [0.29, 0.717) is 13.0 Å². The van der Waals surface area contributed by atoms with E-state index >= 15 is 0 Å². The molecule has 0 aliphatic carbocycles. The molecule has 1 heterocycles. The molecule has 1 N–H and O–H groups in total. The maximum Gasteiger partial charge on any atom is 0.234 e. The Balaban J connectivity index is 2.14. The van der Waals surface area contributed by atoms with Gasteiger partial charge in [0, 0.05) is 59.8 Å². The third-order valence-electron chi connectivity index (χ3n) is 3.83. The van der Waals surface area contributed by atoms with Crippen molar-refractivity contribution in [1.29, 1.82) is 0 Å². The molecule has 0 spiro atoms. The number of nitrogens with zero attached hydrogens (tertiary/aromatic N) is 3. The van der Waals surface area contributed by atoms with Gasteiger partial charge >= 0.3 is 0 Å². The second-order valence-corrected chi connectivity index (χ2v) is 5.86. The van der Waals surface area contributed by atoms with Crippen LogP contribution in [-0.4, -0.2) is 86.4 Å². The van der Waals surface area contributed by atoms with Crippen LogP contribution in [0.1, 0.15) is 26.2 Å². The smallest absolute Gasteiger partial charge is 0.234 e. The van der Waals surface area contributed by atoms with Crippen LogP contribution in [0.15, 0.2) is 0 Å². The lowest BCUT2D eigenvalue weighted by Crippen LogP contribution is -2.50. The predicted molar refractivity (Wildman–Crippen MR) is 84.1 cm³/mol. The van der Waals surface area contributed by atoms with Crippen LogP contribution < -0.4 is 5.32 Å². The van der Waals surface area contributed by atoms with E-state index in [1.807, 2.05) is 0 Å². The molecule has 6 heteroatoms. The highest BCUT2D eigenvalue weighted by atomic mass is 16.2. The fraction of sp³-hybridized carbons (Fsp3) is 0.867. The van der Waals surface area contributed by atoms with Gasteiger partial charge in [-0.15, -0.1) is 0 Å². The van der Waals surface area contributed by atoms with Gasteiger partial charge in [-0.1, -0.05) is 13.3 Å². The van der Waals surface area contributed by atoms with E-state index in [1.54, 1.807) is 19.0 Å². The van der Waals surface area contributed by atoms with Crippen molar-refractivity contribution < 1.29 is 9.59 Å². The number of amides is 2. The van der Waals surface area contributed by atoms with Gasteiger partial charge in [0.2, 0.25) is 11.8 Å². The first-order valence-corrected chi connectivity index (χ1v) is 7.94. The molecule has 0 unspecified atom stereocenters. The highest BCUT2D eigenvalue weighted by Gasteiger charge is 2.19. The summed E-state index contributed by atoms with van der Waals surface area (Å²) in [4.78, 5) is 29.4. The van der Waals surface area contributed by atoms with E-state index in [2.05, 4.69) is 22.0 Å². The zero-order valence-corrected chi connectivity index (χ0v) is 13.7. The lowest BCUT2D eigenvalue weighted by atomic mass is 10.2. The number of nitrogens with one attached hydrogen (secondary N) is 1. The molecular weight excluding hydrogens is 268 g/mol. The van der Waals surface area contributed by atoms with Crippen molar-refractivity contribution >= 4 is 11.8 Å². The highest BCUT2D eigenvalue weighted by Crippen LogP contribution is 2.03. The van der Waals surface area contributed by atoms with Crippen molar-refractivity contribution in [3.8, 4) is 0 Å². The van der Waals surface area contributed by atoms with E-state index in [-0.39, 0.29) is 11.8 Å². The van der Waals surface area contributed by atoms with Gasteiger partial charge in [0.25, 0.3) is 0 Å².